The number of hydrogen-bond donors (Lipinski definition) is 1. The van der Waals surface area contributed by atoms with Gasteiger partial charge in [0.15, 0.2) is 0 Å². The molecule has 0 spiro atoms. The van der Waals surface area contributed by atoms with Crippen LogP contribution in [0.25, 0.3) is 0 Å². The predicted molar refractivity (Wildman–Crippen MR) is 73.0 cm³/mol. The van der Waals surface area contributed by atoms with Gasteiger partial charge in [-0.05, 0) is 24.5 Å². The first kappa shape index (κ1) is 14.0. The van der Waals surface area contributed by atoms with Crippen LogP contribution in [0.5, 0.6) is 0 Å². The molecule has 0 bridgehead atoms. The fraction of sp³-hybridized carbons (Fsp3) is 0.533. The molecule has 4 nitrogen and oxygen atoms in total. The highest BCUT2D eigenvalue weighted by atomic mass is 16.5. The molecule has 0 amide bonds. The molecule has 0 saturated carbocycles. The number of carbonyl (C=O) groups is 1. The Balaban J connectivity index is 1.77. The maximum atomic E-state index is 11.2. The minimum Gasteiger partial charge on any atom is -0.466 e. The summed E-state index contributed by atoms with van der Waals surface area (Å²) in [5.41, 5.74) is 2.63. The fourth-order valence-electron chi connectivity index (χ4n) is 2.30. The molecular weight excluding hydrogens is 242 g/mol. The third-order valence-corrected chi connectivity index (χ3v) is 3.23. The summed E-state index contributed by atoms with van der Waals surface area (Å²) in [6.07, 6.45) is 1.48. The van der Waals surface area contributed by atoms with Gasteiger partial charge in [-0.15, -0.1) is 0 Å². The van der Waals surface area contributed by atoms with Crippen molar-refractivity contribution in [3.63, 3.8) is 0 Å². The third kappa shape index (κ3) is 4.04. The van der Waals surface area contributed by atoms with Crippen LogP contribution < -0.4 is 5.32 Å². The van der Waals surface area contributed by atoms with Crippen molar-refractivity contribution < 1.29 is 14.3 Å². The second-order valence-corrected chi connectivity index (χ2v) is 4.57. The van der Waals surface area contributed by atoms with Gasteiger partial charge in [-0.2, -0.15) is 0 Å². The van der Waals surface area contributed by atoms with Gasteiger partial charge in [0.25, 0.3) is 0 Å². The van der Waals surface area contributed by atoms with Crippen LogP contribution in [0.15, 0.2) is 24.3 Å². The largest absolute Gasteiger partial charge is 0.466 e. The van der Waals surface area contributed by atoms with Crippen molar-refractivity contribution >= 4 is 5.97 Å². The molecule has 19 heavy (non-hydrogen) atoms. The lowest BCUT2D eigenvalue weighted by Crippen LogP contribution is -2.29. The molecule has 104 valence electrons. The quantitative estimate of drug-likeness (QED) is 0.628. The highest BCUT2D eigenvalue weighted by Crippen LogP contribution is 2.25. The minimum absolute atomic E-state index is 0.0899. The van der Waals surface area contributed by atoms with Crippen LogP contribution >= 0.6 is 0 Å². The van der Waals surface area contributed by atoms with E-state index in [-0.39, 0.29) is 12.1 Å². The number of nitrogens with one attached hydrogen (secondary N) is 1. The van der Waals surface area contributed by atoms with E-state index in [2.05, 4.69) is 23.5 Å². The van der Waals surface area contributed by atoms with Crippen LogP contribution in [-0.2, 0) is 20.7 Å². The van der Waals surface area contributed by atoms with E-state index in [0.29, 0.717) is 19.6 Å². The Hall–Kier alpha value is -1.39. The van der Waals surface area contributed by atoms with Crippen molar-refractivity contribution in [2.45, 2.75) is 25.9 Å². The Morgan fingerprint density at radius 3 is 3.16 bits per heavy atom. The summed E-state index contributed by atoms with van der Waals surface area (Å²) in [5.74, 6) is -0.153. The number of hydrogen-bond acceptors (Lipinski definition) is 4. The highest BCUT2D eigenvalue weighted by Gasteiger charge is 2.19. The maximum absolute atomic E-state index is 11.2. The van der Waals surface area contributed by atoms with Crippen molar-refractivity contribution in [3.05, 3.63) is 35.4 Å². The monoisotopic (exact) mass is 263 g/mol. The van der Waals surface area contributed by atoms with Gasteiger partial charge >= 0.3 is 5.97 Å². The first-order valence-electron chi connectivity index (χ1n) is 6.87. The van der Waals surface area contributed by atoms with Gasteiger partial charge in [-0.3, -0.25) is 4.79 Å². The Morgan fingerprint density at radius 1 is 1.47 bits per heavy atom. The highest BCUT2D eigenvalue weighted by molar-refractivity contribution is 5.69. The molecule has 0 aromatic heterocycles. The van der Waals surface area contributed by atoms with Crippen molar-refractivity contribution in [2.24, 2.45) is 0 Å². The molecule has 0 aliphatic carbocycles. The van der Waals surface area contributed by atoms with Gasteiger partial charge < -0.3 is 14.8 Å². The van der Waals surface area contributed by atoms with Gasteiger partial charge in [0.05, 0.1) is 25.7 Å². The van der Waals surface area contributed by atoms with E-state index in [1.807, 2.05) is 13.0 Å². The Labute approximate surface area is 114 Å². The number of fused-ring (bicyclic) bond motifs is 1. The minimum atomic E-state index is -0.153. The van der Waals surface area contributed by atoms with Gasteiger partial charge in [-0.25, -0.2) is 0 Å². The van der Waals surface area contributed by atoms with E-state index in [4.69, 9.17) is 9.47 Å². The average Bonchev–Trinajstić information content (AvgIpc) is 2.44. The summed E-state index contributed by atoms with van der Waals surface area (Å²) in [6.45, 7) is 4.38. The van der Waals surface area contributed by atoms with Crippen LogP contribution in [0.1, 0.15) is 30.6 Å². The number of ether oxygens (including phenoxy) is 2. The first-order valence-corrected chi connectivity index (χ1v) is 6.87. The van der Waals surface area contributed by atoms with Crippen molar-refractivity contribution in [1.29, 1.82) is 0 Å². The molecule has 1 atom stereocenters. The summed E-state index contributed by atoms with van der Waals surface area (Å²) in [6, 6.07) is 8.38. The molecule has 1 aliphatic rings. The Kier molecular flexibility index (Phi) is 5.36. The molecule has 1 unspecified atom stereocenters. The summed E-state index contributed by atoms with van der Waals surface area (Å²) < 4.78 is 10.7. The second-order valence-electron chi connectivity index (χ2n) is 4.57. The van der Waals surface area contributed by atoms with Gasteiger partial charge in [-0.1, -0.05) is 24.3 Å². The molecule has 4 heteroatoms. The molecule has 1 heterocycles. The summed E-state index contributed by atoms with van der Waals surface area (Å²) in [4.78, 5) is 11.2. The molecule has 0 radical (unpaired) electrons. The van der Waals surface area contributed by atoms with Crippen LogP contribution in [0.2, 0.25) is 0 Å². The van der Waals surface area contributed by atoms with Crippen molar-refractivity contribution in [2.75, 3.05) is 26.3 Å². The normalized spacial score (nSPS) is 17.8. The summed E-state index contributed by atoms with van der Waals surface area (Å²) in [5, 5.41) is 3.26. The van der Waals surface area contributed by atoms with Crippen LogP contribution in [0.3, 0.4) is 0 Å². The number of carbonyl (C=O) groups excluding carboxylic acids is 1. The van der Waals surface area contributed by atoms with Crippen molar-refractivity contribution in [1.82, 2.24) is 5.32 Å². The lowest BCUT2D eigenvalue weighted by molar-refractivity contribution is -0.143. The van der Waals surface area contributed by atoms with E-state index < -0.39 is 0 Å². The van der Waals surface area contributed by atoms with E-state index in [1.165, 1.54) is 11.1 Å². The van der Waals surface area contributed by atoms with Gasteiger partial charge in [0.2, 0.25) is 0 Å². The first-order chi connectivity index (χ1) is 9.31. The zero-order valence-electron chi connectivity index (χ0n) is 11.4. The van der Waals surface area contributed by atoms with Crippen LogP contribution in [0.4, 0.5) is 0 Å². The van der Waals surface area contributed by atoms with E-state index >= 15 is 0 Å². The number of esters is 1. The zero-order chi connectivity index (χ0) is 13.5. The number of rotatable bonds is 6. The molecular formula is C15H21NO3. The third-order valence-electron chi connectivity index (χ3n) is 3.23. The smallest absolute Gasteiger partial charge is 0.307 e. The van der Waals surface area contributed by atoms with Crippen LogP contribution in [0, 0.1) is 0 Å². The maximum Gasteiger partial charge on any atom is 0.307 e. The standard InChI is InChI=1S/C15H21NO3/c1-2-18-15(17)7-9-16-11-14-13-6-4-3-5-12(13)8-10-19-14/h3-6,14,16H,2,7-11H2,1H3. The summed E-state index contributed by atoms with van der Waals surface area (Å²) >= 11 is 0. The van der Waals surface area contributed by atoms with Gasteiger partial charge in [0.1, 0.15) is 0 Å². The molecule has 0 saturated heterocycles. The Bertz CT molecular complexity index is 420. The molecule has 2 rings (SSSR count). The summed E-state index contributed by atoms with van der Waals surface area (Å²) in [7, 11) is 0. The average molecular weight is 263 g/mol. The predicted octanol–water partition coefficient (Wildman–Crippen LogP) is 1.84. The van der Waals surface area contributed by atoms with E-state index in [1.54, 1.807) is 0 Å². The number of benzene rings is 1. The Morgan fingerprint density at radius 2 is 2.32 bits per heavy atom. The van der Waals surface area contributed by atoms with Crippen LogP contribution in [-0.4, -0.2) is 32.3 Å². The van der Waals surface area contributed by atoms with E-state index in [0.717, 1.165) is 19.6 Å². The van der Waals surface area contributed by atoms with Crippen molar-refractivity contribution in [3.8, 4) is 0 Å². The molecule has 1 aliphatic heterocycles. The lowest BCUT2D eigenvalue weighted by Gasteiger charge is -2.26. The molecule has 1 N–H and O–H groups in total. The van der Waals surface area contributed by atoms with Gasteiger partial charge in [0, 0.05) is 13.1 Å². The molecule has 0 fully saturated rings. The molecule has 1 aromatic carbocycles. The lowest BCUT2D eigenvalue weighted by atomic mass is 9.97. The van der Waals surface area contributed by atoms with E-state index in [9.17, 15) is 4.79 Å². The topological polar surface area (TPSA) is 47.6 Å². The fourth-order valence-corrected chi connectivity index (χ4v) is 2.30. The SMILES string of the molecule is CCOC(=O)CCNCC1OCCc2ccccc21. The zero-order valence-corrected chi connectivity index (χ0v) is 11.4. The molecule has 1 aromatic rings. The second kappa shape index (κ2) is 7.26.